The van der Waals surface area contributed by atoms with Crippen LogP contribution in [0.4, 0.5) is 0 Å². The number of aromatic nitrogens is 1. The predicted octanol–water partition coefficient (Wildman–Crippen LogP) is 3.71. The Morgan fingerprint density at radius 1 is 1.26 bits per heavy atom. The normalized spacial score (nSPS) is 10.9. The van der Waals surface area contributed by atoms with Gasteiger partial charge in [-0.25, -0.2) is 4.98 Å². The molecule has 0 aliphatic heterocycles. The number of hydrogen-bond acceptors (Lipinski definition) is 4. The van der Waals surface area contributed by atoms with E-state index < -0.39 is 0 Å². The van der Waals surface area contributed by atoms with E-state index in [-0.39, 0.29) is 0 Å². The second-order valence-electron chi connectivity index (χ2n) is 4.64. The summed E-state index contributed by atoms with van der Waals surface area (Å²) in [4.78, 5) is 4.64. The molecule has 0 aliphatic carbocycles. The van der Waals surface area contributed by atoms with Crippen LogP contribution in [0.15, 0.2) is 29.6 Å². The van der Waals surface area contributed by atoms with Crippen LogP contribution in [0.5, 0.6) is 5.75 Å². The van der Waals surface area contributed by atoms with Crippen LogP contribution in [0, 0.1) is 0 Å². The highest BCUT2D eigenvalue weighted by atomic mass is 32.1. The van der Waals surface area contributed by atoms with Crippen molar-refractivity contribution in [3.05, 3.63) is 35.3 Å². The highest BCUT2D eigenvalue weighted by Gasteiger charge is 2.05. The lowest BCUT2D eigenvalue weighted by molar-refractivity contribution is 0.340. The molecule has 1 N–H and O–H groups in total. The van der Waals surface area contributed by atoms with Gasteiger partial charge in [-0.15, -0.1) is 11.3 Å². The molecule has 1 aromatic heterocycles. The molecule has 0 amide bonds. The van der Waals surface area contributed by atoms with Gasteiger partial charge < -0.3 is 10.1 Å². The van der Waals surface area contributed by atoms with Crippen molar-refractivity contribution in [1.29, 1.82) is 0 Å². The zero-order valence-electron chi connectivity index (χ0n) is 11.6. The van der Waals surface area contributed by atoms with Gasteiger partial charge in [0.2, 0.25) is 0 Å². The molecular formula is C15H20N2OS. The van der Waals surface area contributed by atoms with Gasteiger partial charge in [0, 0.05) is 23.5 Å². The fourth-order valence-electron chi connectivity index (χ4n) is 1.69. The van der Waals surface area contributed by atoms with E-state index in [2.05, 4.69) is 41.7 Å². The Morgan fingerprint density at radius 2 is 2.00 bits per heavy atom. The topological polar surface area (TPSA) is 34.1 Å². The number of nitrogens with zero attached hydrogens (tertiary/aromatic N) is 1. The molecule has 0 aliphatic rings. The third-order valence-electron chi connectivity index (χ3n) is 2.66. The Morgan fingerprint density at radius 3 is 2.63 bits per heavy atom. The summed E-state index contributed by atoms with van der Waals surface area (Å²) in [6.45, 7) is 7.79. The molecule has 2 rings (SSSR count). The van der Waals surface area contributed by atoms with Gasteiger partial charge in [-0.3, -0.25) is 0 Å². The lowest BCUT2D eigenvalue weighted by atomic mass is 10.2. The van der Waals surface area contributed by atoms with Crippen LogP contribution in [-0.2, 0) is 6.54 Å². The van der Waals surface area contributed by atoms with E-state index in [1.807, 2.05) is 19.1 Å². The maximum absolute atomic E-state index is 5.44. The first-order valence-corrected chi connectivity index (χ1v) is 7.48. The summed E-state index contributed by atoms with van der Waals surface area (Å²) in [5.41, 5.74) is 2.24. The molecule has 3 nitrogen and oxygen atoms in total. The van der Waals surface area contributed by atoms with Crippen molar-refractivity contribution in [2.24, 2.45) is 0 Å². The highest BCUT2D eigenvalue weighted by Crippen LogP contribution is 2.25. The lowest BCUT2D eigenvalue weighted by Gasteiger charge is -2.05. The number of nitrogens with one attached hydrogen (secondary N) is 1. The Balaban J connectivity index is 2.05. The largest absolute Gasteiger partial charge is 0.494 e. The Hall–Kier alpha value is -1.39. The minimum atomic E-state index is 0.482. The van der Waals surface area contributed by atoms with Crippen molar-refractivity contribution in [2.75, 3.05) is 6.61 Å². The molecule has 102 valence electrons. The average Bonchev–Trinajstić information content (AvgIpc) is 2.86. The fourth-order valence-corrected chi connectivity index (χ4v) is 2.52. The van der Waals surface area contributed by atoms with Crippen LogP contribution in [0.2, 0.25) is 0 Å². The summed E-state index contributed by atoms with van der Waals surface area (Å²) >= 11 is 1.68. The molecule has 0 spiro atoms. The first kappa shape index (κ1) is 14.0. The molecule has 0 saturated carbocycles. The summed E-state index contributed by atoms with van der Waals surface area (Å²) in [6.07, 6.45) is 0. The van der Waals surface area contributed by atoms with Gasteiger partial charge in [-0.1, -0.05) is 13.8 Å². The molecule has 0 bridgehead atoms. The van der Waals surface area contributed by atoms with E-state index in [4.69, 9.17) is 4.74 Å². The van der Waals surface area contributed by atoms with Gasteiger partial charge in [0.15, 0.2) is 0 Å². The summed E-state index contributed by atoms with van der Waals surface area (Å²) in [6, 6.07) is 8.58. The molecule has 0 fully saturated rings. The standard InChI is InChI=1S/C15H20N2OS/c1-4-18-14-7-5-12(6-8-14)15-17-13(10-19-15)9-16-11(2)3/h5-8,10-11,16H,4,9H2,1-3H3. The van der Waals surface area contributed by atoms with Crippen molar-refractivity contribution in [3.63, 3.8) is 0 Å². The second kappa shape index (κ2) is 6.68. The van der Waals surface area contributed by atoms with Gasteiger partial charge in [-0.2, -0.15) is 0 Å². The SMILES string of the molecule is CCOc1ccc(-c2nc(CNC(C)C)cs2)cc1. The molecule has 4 heteroatoms. The minimum Gasteiger partial charge on any atom is -0.494 e. The Kier molecular flexibility index (Phi) is 4.93. The quantitative estimate of drug-likeness (QED) is 0.873. The number of hydrogen-bond donors (Lipinski definition) is 1. The van der Waals surface area contributed by atoms with E-state index in [9.17, 15) is 0 Å². The van der Waals surface area contributed by atoms with E-state index in [1.54, 1.807) is 11.3 Å². The molecule has 0 radical (unpaired) electrons. The van der Waals surface area contributed by atoms with Crippen molar-refractivity contribution >= 4 is 11.3 Å². The van der Waals surface area contributed by atoms with Crippen LogP contribution in [-0.4, -0.2) is 17.6 Å². The number of rotatable bonds is 6. The molecule has 0 unspecified atom stereocenters. The zero-order chi connectivity index (χ0) is 13.7. The maximum Gasteiger partial charge on any atom is 0.123 e. The van der Waals surface area contributed by atoms with Crippen LogP contribution < -0.4 is 10.1 Å². The van der Waals surface area contributed by atoms with Crippen molar-refractivity contribution in [1.82, 2.24) is 10.3 Å². The molecule has 2 aromatic rings. The van der Waals surface area contributed by atoms with Crippen LogP contribution in [0.3, 0.4) is 0 Å². The maximum atomic E-state index is 5.44. The Labute approximate surface area is 118 Å². The molecule has 1 aromatic carbocycles. The second-order valence-corrected chi connectivity index (χ2v) is 5.50. The van der Waals surface area contributed by atoms with Crippen molar-refractivity contribution < 1.29 is 4.74 Å². The summed E-state index contributed by atoms with van der Waals surface area (Å²) < 4.78 is 5.44. The molecule has 19 heavy (non-hydrogen) atoms. The number of thiazole rings is 1. The first-order chi connectivity index (χ1) is 9.19. The van der Waals surface area contributed by atoms with Crippen LogP contribution in [0.25, 0.3) is 10.6 Å². The van der Waals surface area contributed by atoms with Crippen LogP contribution in [0.1, 0.15) is 26.5 Å². The number of benzene rings is 1. The van der Waals surface area contributed by atoms with Gasteiger partial charge in [-0.05, 0) is 31.2 Å². The van der Waals surface area contributed by atoms with E-state index >= 15 is 0 Å². The summed E-state index contributed by atoms with van der Waals surface area (Å²) in [5.74, 6) is 0.907. The summed E-state index contributed by atoms with van der Waals surface area (Å²) in [5, 5.41) is 6.55. The third-order valence-corrected chi connectivity index (χ3v) is 3.60. The zero-order valence-corrected chi connectivity index (χ0v) is 12.5. The van der Waals surface area contributed by atoms with Crippen molar-refractivity contribution in [2.45, 2.75) is 33.4 Å². The monoisotopic (exact) mass is 276 g/mol. The van der Waals surface area contributed by atoms with Gasteiger partial charge in [0.1, 0.15) is 10.8 Å². The van der Waals surface area contributed by atoms with Gasteiger partial charge in [0.25, 0.3) is 0 Å². The average molecular weight is 276 g/mol. The first-order valence-electron chi connectivity index (χ1n) is 6.60. The van der Waals surface area contributed by atoms with E-state index in [0.29, 0.717) is 12.6 Å². The molecule has 0 saturated heterocycles. The number of ether oxygens (including phenoxy) is 1. The van der Waals surface area contributed by atoms with Crippen LogP contribution >= 0.6 is 11.3 Å². The Bertz CT molecular complexity index is 505. The molecule has 1 heterocycles. The molecular weight excluding hydrogens is 256 g/mol. The lowest BCUT2D eigenvalue weighted by Crippen LogP contribution is -2.21. The third kappa shape index (κ3) is 4.04. The minimum absolute atomic E-state index is 0.482. The van der Waals surface area contributed by atoms with Crippen molar-refractivity contribution in [3.8, 4) is 16.3 Å². The highest BCUT2D eigenvalue weighted by molar-refractivity contribution is 7.13. The van der Waals surface area contributed by atoms with Gasteiger partial charge in [0.05, 0.1) is 12.3 Å². The smallest absolute Gasteiger partial charge is 0.123 e. The van der Waals surface area contributed by atoms with E-state index in [0.717, 1.165) is 28.6 Å². The van der Waals surface area contributed by atoms with E-state index in [1.165, 1.54) is 0 Å². The van der Waals surface area contributed by atoms with Gasteiger partial charge >= 0.3 is 0 Å². The fraction of sp³-hybridized carbons (Fsp3) is 0.400. The summed E-state index contributed by atoms with van der Waals surface area (Å²) in [7, 11) is 0. The molecule has 0 atom stereocenters. The predicted molar refractivity (Wildman–Crippen MR) is 80.7 cm³/mol.